The fraction of sp³-hybridized carbons (Fsp3) is 0.500. The third-order valence-corrected chi connectivity index (χ3v) is 6.62. The molecule has 0 spiro atoms. The molecule has 142 valence electrons. The van der Waals surface area contributed by atoms with Crippen LogP contribution in [0.1, 0.15) is 44.2 Å². The summed E-state index contributed by atoms with van der Waals surface area (Å²) < 4.78 is 0. The Morgan fingerprint density at radius 2 is 1.89 bits per heavy atom. The van der Waals surface area contributed by atoms with Crippen LogP contribution in [0.3, 0.4) is 0 Å². The average Bonchev–Trinajstić information content (AvgIpc) is 2.72. The Hall–Kier alpha value is -1.88. The zero-order valence-corrected chi connectivity index (χ0v) is 16.8. The first-order chi connectivity index (χ1) is 13.2. The number of piperidine rings is 1. The zero-order chi connectivity index (χ0) is 18.6. The van der Waals surface area contributed by atoms with E-state index < -0.39 is 0 Å². The van der Waals surface area contributed by atoms with E-state index in [1.807, 2.05) is 31.2 Å². The molecule has 2 aliphatic rings. The predicted octanol–water partition coefficient (Wildman–Crippen LogP) is 4.73. The van der Waals surface area contributed by atoms with Crippen LogP contribution in [0.2, 0.25) is 0 Å². The van der Waals surface area contributed by atoms with E-state index in [-0.39, 0.29) is 5.91 Å². The second-order valence-electron chi connectivity index (χ2n) is 7.67. The van der Waals surface area contributed by atoms with Crippen molar-refractivity contribution in [3.63, 3.8) is 0 Å². The number of fused-ring (bicyclic) bond motifs is 1. The SMILES string of the molecule is Cc1cc(-c2ccccc2)nc(SCC(=O)N2CCC[C@@H]3CCCC[C@@H]32)n1. The number of thioether (sulfide) groups is 1. The summed E-state index contributed by atoms with van der Waals surface area (Å²) in [6.07, 6.45) is 7.51. The summed E-state index contributed by atoms with van der Waals surface area (Å²) in [5, 5.41) is 0.694. The Bertz CT molecular complexity index is 793. The van der Waals surface area contributed by atoms with Crippen LogP contribution in [0.25, 0.3) is 11.3 Å². The van der Waals surface area contributed by atoms with Crippen molar-refractivity contribution in [1.29, 1.82) is 0 Å². The van der Waals surface area contributed by atoms with Gasteiger partial charge >= 0.3 is 0 Å². The first-order valence-electron chi connectivity index (χ1n) is 10.0. The monoisotopic (exact) mass is 381 g/mol. The summed E-state index contributed by atoms with van der Waals surface area (Å²) in [6, 6.07) is 12.6. The maximum Gasteiger partial charge on any atom is 0.233 e. The van der Waals surface area contributed by atoms with Crippen molar-refractivity contribution in [2.45, 2.75) is 56.6 Å². The Morgan fingerprint density at radius 3 is 2.74 bits per heavy atom. The van der Waals surface area contributed by atoms with E-state index in [2.05, 4.69) is 27.0 Å². The van der Waals surface area contributed by atoms with Gasteiger partial charge in [-0.05, 0) is 44.6 Å². The molecule has 1 saturated carbocycles. The Labute approximate surface area is 165 Å². The standard InChI is InChI=1S/C22H27N3OS/c1-16-14-19(17-8-3-2-4-9-17)24-22(23-16)27-15-21(26)25-13-7-11-18-10-5-6-12-20(18)25/h2-4,8-9,14,18,20H,5-7,10-13,15H2,1H3/t18-,20-/m0/s1. The molecular formula is C22H27N3OS. The Morgan fingerprint density at radius 1 is 1.11 bits per heavy atom. The molecule has 2 fully saturated rings. The number of amides is 1. The molecule has 1 aliphatic heterocycles. The minimum absolute atomic E-state index is 0.253. The highest BCUT2D eigenvalue weighted by molar-refractivity contribution is 7.99. The minimum Gasteiger partial charge on any atom is -0.339 e. The molecule has 4 nitrogen and oxygen atoms in total. The molecule has 1 saturated heterocycles. The lowest BCUT2D eigenvalue weighted by Gasteiger charge is -2.44. The number of aryl methyl sites for hydroxylation is 1. The highest BCUT2D eigenvalue weighted by atomic mass is 32.2. The van der Waals surface area contributed by atoms with Crippen molar-refractivity contribution in [2.75, 3.05) is 12.3 Å². The average molecular weight is 382 g/mol. The topological polar surface area (TPSA) is 46.1 Å². The lowest BCUT2D eigenvalue weighted by molar-refractivity contribution is -0.134. The van der Waals surface area contributed by atoms with Crippen LogP contribution >= 0.6 is 11.8 Å². The number of carbonyl (C=O) groups excluding carboxylic acids is 1. The normalized spacial score (nSPS) is 22.3. The number of rotatable bonds is 4. The number of benzene rings is 1. The number of hydrogen-bond donors (Lipinski definition) is 0. The molecule has 4 rings (SSSR count). The second-order valence-corrected chi connectivity index (χ2v) is 8.62. The van der Waals surface area contributed by atoms with Crippen LogP contribution in [0.5, 0.6) is 0 Å². The van der Waals surface area contributed by atoms with Crippen LogP contribution in [-0.4, -0.2) is 39.1 Å². The summed E-state index contributed by atoms with van der Waals surface area (Å²) in [4.78, 5) is 24.3. The van der Waals surface area contributed by atoms with Crippen LogP contribution < -0.4 is 0 Å². The van der Waals surface area contributed by atoms with Gasteiger partial charge < -0.3 is 4.90 Å². The van der Waals surface area contributed by atoms with Crippen LogP contribution in [0, 0.1) is 12.8 Å². The molecule has 1 aromatic heterocycles. The largest absolute Gasteiger partial charge is 0.339 e. The van der Waals surface area contributed by atoms with Gasteiger partial charge in [0.1, 0.15) is 0 Å². The number of nitrogens with zero attached hydrogens (tertiary/aromatic N) is 3. The summed E-state index contributed by atoms with van der Waals surface area (Å²) in [6.45, 7) is 2.90. The molecule has 0 bridgehead atoms. The quantitative estimate of drug-likeness (QED) is 0.568. The first-order valence-corrected chi connectivity index (χ1v) is 11.0. The number of hydrogen-bond acceptors (Lipinski definition) is 4. The molecule has 0 radical (unpaired) electrons. The molecule has 1 aromatic carbocycles. The molecule has 27 heavy (non-hydrogen) atoms. The van der Waals surface area contributed by atoms with E-state index >= 15 is 0 Å². The molecule has 0 N–H and O–H groups in total. The van der Waals surface area contributed by atoms with E-state index in [0.717, 1.165) is 35.8 Å². The van der Waals surface area contributed by atoms with Gasteiger partial charge in [0.05, 0.1) is 11.4 Å². The van der Waals surface area contributed by atoms with Gasteiger partial charge in [0, 0.05) is 23.8 Å². The summed E-state index contributed by atoms with van der Waals surface area (Å²) in [5.41, 5.74) is 2.93. The molecule has 2 aromatic rings. The molecule has 2 heterocycles. The minimum atomic E-state index is 0.253. The lowest BCUT2D eigenvalue weighted by Crippen LogP contribution is -2.50. The predicted molar refractivity (Wildman–Crippen MR) is 110 cm³/mol. The van der Waals surface area contributed by atoms with Gasteiger partial charge in [-0.2, -0.15) is 0 Å². The van der Waals surface area contributed by atoms with Crippen molar-refractivity contribution in [3.8, 4) is 11.3 Å². The van der Waals surface area contributed by atoms with Gasteiger partial charge in [-0.15, -0.1) is 0 Å². The van der Waals surface area contributed by atoms with Gasteiger partial charge in [-0.25, -0.2) is 9.97 Å². The molecule has 0 unspecified atom stereocenters. The molecule has 5 heteroatoms. The van der Waals surface area contributed by atoms with Crippen molar-refractivity contribution in [1.82, 2.24) is 14.9 Å². The van der Waals surface area contributed by atoms with Crippen molar-refractivity contribution in [3.05, 3.63) is 42.1 Å². The summed E-state index contributed by atoms with van der Waals surface area (Å²) in [5.74, 6) is 1.41. The van der Waals surface area contributed by atoms with Gasteiger partial charge in [0.2, 0.25) is 5.91 Å². The van der Waals surface area contributed by atoms with E-state index in [0.29, 0.717) is 17.0 Å². The molecule has 1 amide bonds. The lowest BCUT2D eigenvalue weighted by atomic mass is 9.78. The number of likely N-dealkylation sites (tertiary alicyclic amines) is 1. The van der Waals surface area contributed by atoms with E-state index in [9.17, 15) is 4.79 Å². The van der Waals surface area contributed by atoms with Crippen molar-refractivity contribution < 1.29 is 4.79 Å². The Kier molecular flexibility index (Phi) is 5.77. The van der Waals surface area contributed by atoms with Gasteiger partial charge in [-0.1, -0.05) is 54.9 Å². The molecular weight excluding hydrogens is 354 g/mol. The van der Waals surface area contributed by atoms with Crippen LogP contribution in [-0.2, 0) is 4.79 Å². The fourth-order valence-electron chi connectivity index (χ4n) is 4.51. The smallest absolute Gasteiger partial charge is 0.233 e. The van der Waals surface area contributed by atoms with Crippen molar-refractivity contribution in [2.24, 2.45) is 5.92 Å². The van der Waals surface area contributed by atoms with Crippen LogP contribution in [0.15, 0.2) is 41.6 Å². The highest BCUT2D eigenvalue weighted by Gasteiger charge is 2.35. The van der Waals surface area contributed by atoms with Gasteiger partial charge in [0.25, 0.3) is 0 Å². The summed E-state index contributed by atoms with van der Waals surface area (Å²) in [7, 11) is 0. The second kappa shape index (κ2) is 8.42. The van der Waals surface area contributed by atoms with Gasteiger partial charge in [-0.3, -0.25) is 4.79 Å². The molecule has 1 aliphatic carbocycles. The van der Waals surface area contributed by atoms with Gasteiger partial charge in [0.15, 0.2) is 5.16 Å². The first kappa shape index (κ1) is 18.5. The maximum absolute atomic E-state index is 12.9. The maximum atomic E-state index is 12.9. The van der Waals surface area contributed by atoms with E-state index in [1.165, 1.54) is 43.9 Å². The van der Waals surface area contributed by atoms with Crippen LogP contribution in [0.4, 0.5) is 0 Å². The fourth-order valence-corrected chi connectivity index (χ4v) is 5.30. The van der Waals surface area contributed by atoms with E-state index in [4.69, 9.17) is 0 Å². The third kappa shape index (κ3) is 4.34. The Balaban J connectivity index is 1.44. The van der Waals surface area contributed by atoms with Crippen molar-refractivity contribution >= 4 is 17.7 Å². The zero-order valence-electron chi connectivity index (χ0n) is 15.9. The van der Waals surface area contributed by atoms with E-state index in [1.54, 1.807) is 0 Å². The summed E-state index contributed by atoms with van der Waals surface area (Å²) >= 11 is 1.47. The third-order valence-electron chi connectivity index (χ3n) is 5.79. The number of aromatic nitrogens is 2. The molecule has 2 atom stereocenters. The number of carbonyl (C=O) groups is 1. The highest BCUT2D eigenvalue weighted by Crippen LogP contribution is 2.35.